The van der Waals surface area contributed by atoms with Crippen molar-refractivity contribution in [2.75, 3.05) is 11.3 Å². The second-order valence-electron chi connectivity index (χ2n) is 9.47. The summed E-state index contributed by atoms with van der Waals surface area (Å²) in [4.78, 5) is 12.5. The number of fused-ring (bicyclic) bond motifs is 3. The summed E-state index contributed by atoms with van der Waals surface area (Å²) in [5.41, 5.74) is 1.15. The lowest BCUT2D eigenvalue weighted by Gasteiger charge is -2.37. The number of aliphatic hydroxyl groups is 1. The average molecular weight is 505 g/mol. The van der Waals surface area contributed by atoms with Crippen molar-refractivity contribution in [2.45, 2.75) is 73.7 Å². The number of rotatable bonds is 7. The van der Waals surface area contributed by atoms with E-state index in [4.69, 9.17) is 9.47 Å². The molecule has 2 aromatic rings. The molecule has 2 aromatic carbocycles. The van der Waals surface area contributed by atoms with Gasteiger partial charge in [0, 0.05) is 23.2 Å². The summed E-state index contributed by atoms with van der Waals surface area (Å²) in [5.74, 6) is -0.135. The SMILES string of the molecule is O=C(C[C@H]1C[C@@H]2c3cc(NS(=O)(=O)c4ccc(F)cc4)ccc3O[C@@H]2[C@H](CO)O1)NC1CCCC1. The van der Waals surface area contributed by atoms with Gasteiger partial charge in [0.1, 0.15) is 23.8 Å². The van der Waals surface area contributed by atoms with Crippen LogP contribution in [0.4, 0.5) is 10.1 Å². The van der Waals surface area contributed by atoms with Crippen LogP contribution in [0.15, 0.2) is 47.4 Å². The number of ether oxygens (including phenoxy) is 2. The van der Waals surface area contributed by atoms with Crippen LogP contribution in [0.1, 0.15) is 50.0 Å². The summed E-state index contributed by atoms with van der Waals surface area (Å²) < 4.78 is 53.3. The third kappa shape index (κ3) is 5.14. The van der Waals surface area contributed by atoms with Crippen molar-refractivity contribution in [3.8, 4) is 5.75 Å². The van der Waals surface area contributed by atoms with Gasteiger partial charge in [-0.15, -0.1) is 0 Å². The molecule has 8 nitrogen and oxygen atoms in total. The Bertz CT molecular complexity index is 1180. The van der Waals surface area contributed by atoms with Gasteiger partial charge >= 0.3 is 0 Å². The van der Waals surface area contributed by atoms with Crippen molar-refractivity contribution in [1.29, 1.82) is 0 Å². The Balaban J connectivity index is 1.32. The molecule has 1 amide bonds. The van der Waals surface area contributed by atoms with Crippen molar-refractivity contribution >= 4 is 21.6 Å². The van der Waals surface area contributed by atoms with E-state index in [9.17, 15) is 22.7 Å². The second kappa shape index (κ2) is 9.75. The van der Waals surface area contributed by atoms with Gasteiger partial charge in [-0.3, -0.25) is 9.52 Å². The van der Waals surface area contributed by atoms with Gasteiger partial charge in [-0.2, -0.15) is 0 Å². The third-order valence-corrected chi connectivity index (χ3v) is 8.41. The van der Waals surface area contributed by atoms with Crippen LogP contribution in [0.3, 0.4) is 0 Å². The summed E-state index contributed by atoms with van der Waals surface area (Å²) in [6.45, 7) is -0.250. The number of hydrogen-bond acceptors (Lipinski definition) is 6. The zero-order valence-electron chi connectivity index (χ0n) is 19.2. The van der Waals surface area contributed by atoms with Crippen molar-refractivity contribution in [2.24, 2.45) is 0 Å². The first-order valence-corrected chi connectivity index (χ1v) is 13.5. The van der Waals surface area contributed by atoms with E-state index in [1.54, 1.807) is 18.2 Å². The molecule has 3 aliphatic rings. The summed E-state index contributed by atoms with van der Waals surface area (Å²) >= 11 is 0. The van der Waals surface area contributed by atoms with Gasteiger partial charge < -0.3 is 19.9 Å². The van der Waals surface area contributed by atoms with Crippen LogP contribution in [-0.4, -0.2) is 50.4 Å². The number of benzene rings is 2. The van der Waals surface area contributed by atoms with Gasteiger partial charge in [0.2, 0.25) is 5.91 Å². The first-order chi connectivity index (χ1) is 16.8. The molecule has 1 saturated carbocycles. The average Bonchev–Trinajstić information content (AvgIpc) is 3.46. The predicted molar refractivity (Wildman–Crippen MR) is 126 cm³/mol. The van der Waals surface area contributed by atoms with Crippen LogP contribution in [0.2, 0.25) is 0 Å². The quantitative estimate of drug-likeness (QED) is 0.534. The van der Waals surface area contributed by atoms with Crippen LogP contribution >= 0.6 is 0 Å². The number of carbonyl (C=O) groups excluding carboxylic acids is 1. The van der Waals surface area contributed by atoms with Crippen LogP contribution in [0.25, 0.3) is 0 Å². The van der Waals surface area contributed by atoms with Crippen molar-refractivity contribution in [3.63, 3.8) is 0 Å². The fourth-order valence-corrected chi connectivity index (χ4v) is 6.39. The largest absolute Gasteiger partial charge is 0.487 e. The molecule has 0 spiro atoms. The fourth-order valence-electron chi connectivity index (χ4n) is 5.34. The molecule has 3 N–H and O–H groups in total. The minimum absolute atomic E-state index is 0.0479. The maximum Gasteiger partial charge on any atom is 0.261 e. The van der Waals surface area contributed by atoms with Gasteiger partial charge in [0.15, 0.2) is 0 Å². The Morgan fingerprint density at radius 2 is 1.86 bits per heavy atom. The number of hydrogen-bond donors (Lipinski definition) is 3. The first-order valence-electron chi connectivity index (χ1n) is 12.0. The van der Waals surface area contributed by atoms with Crippen LogP contribution in [0.5, 0.6) is 5.75 Å². The van der Waals surface area contributed by atoms with Gasteiger partial charge in [0.25, 0.3) is 10.0 Å². The van der Waals surface area contributed by atoms with E-state index < -0.39 is 28.0 Å². The minimum Gasteiger partial charge on any atom is -0.487 e. The number of carbonyl (C=O) groups is 1. The summed E-state index contributed by atoms with van der Waals surface area (Å²) in [7, 11) is -3.91. The molecule has 10 heteroatoms. The number of amides is 1. The van der Waals surface area contributed by atoms with Gasteiger partial charge in [-0.05, 0) is 61.7 Å². The Morgan fingerprint density at radius 3 is 2.57 bits per heavy atom. The molecule has 2 fully saturated rings. The summed E-state index contributed by atoms with van der Waals surface area (Å²) in [6, 6.07) is 9.82. The molecule has 1 saturated heterocycles. The molecule has 0 radical (unpaired) electrons. The van der Waals surface area contributed by atoms with Gasteiger partial charge in [0.05, 0.1) is 24.0 Å². The number of sulfonamides is 1. The van der Waals surface area contributed by atoms with Crippen LogP contribution in [-0.2, 0) is 19.6 Å². The number of anilines is 1. The van der Waals surface area contributed by atoms with Crippen molar-refractivity contribution in [1.82, 2.24) is 5.32 Å². The number of halogens is 1. The highest BCUT2D eigenvalue weighted by Gasteiger charge is 2.46. The molecular formula is C25H29FN2O6S. The lowest BCUT2D eigenvalue weighted by molar-refractivity contribution is -0.142. The van der Waals surface area contributed by atoms with E-state index in [0.717, 1.165) is 43.4 Å². The van der Waals surface area contributed by atoms with E-state index in [1.165, 1.54) is 12.1 Å². The molecule has 0 aromatic heterocycles. The molecule has 5 rings (SSSR count). The number of aliphatic hydroxyl groups excluding tert-OH is 1. The maximum atomic E-state index is 13.2. The second-order valence-corrected chi connectivity index (χ2v) is 11.2. The monoisotopic (exact) mass is 504 g/mol. The predicted octanol–water partition coefficient (Wildman–Crippen LogP) is 3.07. The molecule has 2 aliphatic heterocycles. The Kier molecular flexibility index (Phi) is 6.69. The van der Waals surface area contributed by atoms with Crippen LogP contribution in [0, 0.1) is 5.82 Å². The molecule has 0 unspecified atom stereocenters. The molecule has 0 bridgehead atoms. The Hall–Kier alpha value is -2.69. The van der Waals surface area contributed by atoms with Gasteiger partial charge in [-0.1, -0.05) is 12.8 Å². The summed E-state index contributed by atoms with van der Waals surface area (Å²) in [5, 5.41) is 13.0. The third-order valence-electron chi connectivity index (χ3n) is 7.01. The van der Waals surface area contributed by atoms with E-state index in [2.05, 4.69) is 10.0 Å². The van der Waals surface area contributed by atoms with E-state index >= 15 is 0 Å². The highest BCUT2D eigenvalue weighted by Crippen LogP contribution is 2.47. The molecule has 188 valence electrons. The molecular weight excluding hydrogens is 475 g/mol. The zero-order valence-corrected chi connectivity index (χ0v) is 20.0. The lowest BCUT2D eigenvalue weighted by Crippen LogP contribution is -2.47. The topological polar surface area (TPSA) is 114 Å². The Morgan fingerprint density at radius 1 is 1.11 bits per heavy atom. The highest BCUT2D eigenvalue weighted by molar-refractivity contribution is 7.92. The van der Waals surface area contributed by atoms with E-state index in [0.29, 0.717) is 17.9 Å². The maximum absolute atomic E-state index is 13.2. The Labute approximate surface area is 203 Å². The number of nitrogens with one attached hydrogen (secondary N) is 2. The standard InChI is InChI=1S/C25H29FN2O6S/c26-15-5-8-19(9-6-15)35(31,32)28-17-7-10-22-20(11-17)21-12-18(33-23(14-29)25(21)34-22)13-24(30)27-16-3-1-2-4-16/h5-11,16,18,21,23,25,28-29H,1-4,12-14H2,(H,27,30)/t18-,21-,23+,25+/m1/s1. The molecule has 4 atom stereocenters. The highest BCUT2D eigenvalue weighted by atomic mass is 32.2. The normalized spacial score (nSPS) is 26.0. The van der Waals surface area contributed by atoms with Crippen molar-refractivity contribution in [3.05, 3.63) is 53.8 Å². The molecule has 2 heterocycles. The smallest absolute Gasteiger partial charge is 0.261 e. The molecule has 35 heavy (non-hydrogen) atoms. The van der Waals surface area contributed by atoms with Crippen LogP contribution < -0.4 is 14.8 Å². The summed E-state index contributed by atoms with van der Waals surface area (Å²) in [6.07, 6.45) is 3.56. The minimum atomic E-state index is -3.91. The lowest BCUT2D eigenvalue weighted by atomic mass is 9.84. The van der Waals surface area contributed by atoms with E-state index in [1.807, 2.05) is 0 Å². The van der Waals surface area contributed by atoms with Crippen molar-refractivity contribution < 1.29 is 32.2 Å². The fraction of sp³-hybridized carbons (Fsp3) is 0.480. The zero-order chi connectivity index (χ0) is 24.6. The van der Waals surface area contributed by atoms with Gasteiger partial charge in [-0.25, -0.2) is 12.8 Å². The van der Waals surface area contributed by atoms with E-state index in [-0.39, 0.29) is 41.9 Å². The molecule has 1 aliphatic carbocycles. The first kappa shape index (κ1) is 24.0.